The first-order valence-corrected chi connectivity index (χ1v) is 8.62. The summed E-state index contributed by atoms with van der Waals surface area (Å²) in [5.41, 5.74) is 1.09. The predicted molar refractivity (Wildman–Crippen MR) is 110 cm³/mol. The number of aromatic nitrogens is 4. The summed E-state index contributed by atoms with van der Waals surface area (Å²) < 4.78 is 3.72. The lowest BCUT2D eigenvalue weighted by atomic mass is 10.2. The lowest BCUT2D eigenvalue weighted by Gasteiger charge is -2.10. The van der Waals surface area contributed by atoms with E-state index in [9.17, 15) is 14.4 Å². The maximum Gasteiger partial charge on any atom is 0.332 e. The van der Waals surface area contributed by atoms with Crippen LogP contribution in [0.25, 0.3) is 11.2 Å². The van der Waals surface area contributed by atoms with Crippen LogP contribution in [0.3, 0.4) is 0 Å². The van der Waals surface area contributed by atoms with Crippen molar-refractivity contribution >= 4 is 35.2 Å². The van der Waals surface area contributed by atoms with Gasteiger partial charge in [0.1, 0.15) is 6.54 Å². The third kappa shape index (κ3) is 4.15. The Morgan fingerprint density at radius 3 is 2.68 bits per heavy atom. The van der Waals surface area contributed by atoms with Crippen molar-refractivity contribution in [3.8, 4) is 0 Å². The summed E-state index contributed by atoms with van der Waals surface area (Å²) >= 11 is 0. The van der Waals surface area contributed by atoms with Crippen LogP contribution in [0.1, 0.15) is 12.5 Å². The lowest BCUT2D eigenvalue weighted by Crippen LogP contribution is -2.42. The summed E-state index contributed by atoms with van der Waals surface area (Å²) in [4.78, 5) is 41.6. The Morgan fingerprint density at radius 1 is 1.21 bits per heavy atom. The van der Waals surface area contributed by atoms with E-state index < -0.39 is 17.2 Å². The summed E-state index contributed by atoms with van der Waals surface area (Å²) in [7, 11) is 3.19. The van der Waals surface area contributed by atoms with Crippen LogP contribution >= 0.6 is 12.4 Å². The molecule has 2 N–H and O–H groups in total. The number of aryl methyl sites for hydroxylation is 2. The van der Waals surface area contributed by atoms with Crippen LogP contribution in [-0.2, 0) is 32.0 Å². The molecule has 3 aromatic rings. The topological polar surface area (TPSA) is 103 Å². The summed E-state index contributed by atoms with van der Waals surface area (Å²) in [6, 6.07) is 7.41. The maximum atomic E-state index is 12.6. The number of hydrogen-bond donors (Lipinski definition) is 2. The summed E-state index contributed by atoms with van der Waals surface area (Å²) in [5, 5.41) is 5.96. The largest absolute Gasteiger partial charge is 0.332 e. The highest BCUT2D eigenvalue weighted by molar-refractivity contribution is 5.90. The number of anilines is 1. The Balaban J connectivity index is 0.00000280. The van der Waals surface area contributed by atoms with Crippen LogP contribution in [0, 0.1) is 0 Å². The number of hydrogen-bond acceptors (Lipinski definition) is 5. The van der Waals surface area contributed by atoms with Gasteiger partial charge >= 0.3 is 5.69 Å². The van der Waals surface area contributed by atoms with Gasteiger partial charge in [-0.15, -0.1) is 12.4 Å². The molecule has 0 aliphatic carbocycles. The van der Waals surface area contributed by atoms with Gasteiger partial charge in [0.05, 0.1) is 6.33 Å². The zero-order valence-corrected chi connectivity index (χ0v) is 16.7. The van der Waals surface area contributed by atoms with Crippen molar-refractivity contribution in [2.24, 2.45) is 14.1 Å². The van der Waals surface area contributed by atoms with Crippen LogP contribution in [0.5, 0.6) is 0 Å². The van der Waals surface area contributed by atoms with Crippen LogP contribution in [0.15, 0.2) is 40.2 Å². The summed E-state index contributed by atoms with van der Waals surface area (Å²) in [6.07, 6.45) is 1.46. The van der Waals surface area contributed by atoms with E-state index in [2.05, 4.69) is 15.6 Å². The van der Waals surface area contributed by atoms with Gasteiger partial charge < -0.3 is 15.2 Å². The molecule has 0 radical (unpaired) electrons. The van der Waals surface area contributed by atoms with Gasteiger partial charge in [0.15, 0.2) is 11.2 Å². The fourth-order valence-corrected chi connectivity index (χ4v) is 2.91. The van der Waals surface area contributed by atoms with Crippen molar-refractivity contribution in [2.45, 2.75) is 20.0 Å². The van der Waals surface area contributed by atoms with Gasteiger partial charge in [-0.25, -0.2) is 14.3 Å². The van der Waals surface area contributed by atoms with E-state index in [-0.39, 0.29) is 24.5 Å². The molecule has 0 bridgehead atoms. The molecular weight excluding hydrogens is 384 g/mol. The Labute approximate surface area is 167 Å². The number of nitrogens with zero attached hydrogens (tertiary/aromatic N) is 4. The van der Waals surface area contributed by atoms with E-state index in [1.54, 1.807) is 13.1 Å². The molecule has 0 spiro atoms. The quantitative estimate of drug-likeness (QED) is 0.624. The third-order valence-electron chi connectivity index (χ3n) is 4.29. The van der Waals surface area contributed by atoms with Crippen LogP contribution < -0.4 is 21.9 Å². The highest BCUT2D eigenvalue weighted by atomic mass is 35.5. The van der Waals surface area contributed by atoms with Gasteiger partial charge in [0.2, 0.25) is 5.91 Å². The summed E-state index contributed by atoms with van der Waals surface area (Å²) in [6.45, 7) is 3.18. The van der Waals surface area contributed by atoms with Crippen molar-refractivity contribution in [2.75, 3.05) is 11.9 Å². The molecule has 0 unspecified atom stereocenters. The fourth-order valence-electron chi connectivity index (χ4n) is 2.91. The van der Waals surface area contributed by atoms with Gasteiger partial charge in [-0.2, -0.15) is 0 Å². The third-order valence-corrected chi connectivity index (χ3v) is 4.29. The Bertz CT molecular complexity index is 1110. The molecule has 150 valence electrons. The normalized spacial score (nSPS) is 10.7. The molecule has 3 rings (SSSR count). The van der Waals surface area contributed by atoms with Crippen molar-refractivity contribution in [1.82, 2.24) is 24.0 Å². The Hall–Kier alpha value is -2.91. The molecule has 2 aromatic heterocycles. The Kier molecular flexibility index (Phi) is 6.76. The van der Waals surface area contributed by atoms with Gasteiger partial charge in [-0.05, 0) is 24.2 Å². The van der Waals surface area contributed by atoms with Crippen LogP contribution in [-0.4, -0.2) is 31.1 Å². The van der Waals surface area contributed by atoms with Crippen LogP contribution in [0.2, 0.25) is 0 Å². The molecule has 10 heteroatoms. The van der Waals surface area contributed by atoms with E-state index in [0.29, 0.717) is 17.9 Å². The fraction of sp³-hybridized carbons (Fsp3) is 0.333. The molecular formula is C18H23ClN6O3. The second-order valence-electron chi connectivity index (χ2n) is 6.29. The summed E-state index contributed by atoms with van der Waals surface area (Å²) in [5.74, 6) is -0.448. The smallest absolute Gasteiger partial charge is 0.328 e. The minimum atomic E-state index is -0.581. The average molecular weight is 407 g/mol. The van der Waals surface area contributed by atoms with Crippen LogP contribution in [0.4, 0.5) is 5.69 Å². The maximum absolute atomic E-state index is 12.6. The van der Waals surface area contributed by atoms with E-state index >= 15 is 0 Å². The van der Waals surface area contributed by atoms with Crippen molar-refractivity contribution in [3.63, 3.8) is 0 Å². The molecule has 28 heavy (non-hydrogen) atoms. The predicted octanol–water partition coefficient (Wildman–Crippen LogP) is 0.604. The van der Waals surface area contributed by atoms with E-state index in [1.165, 1.54) is 22.5 Å². The zero-order valence-electron chi connectivity index (χ0n) is 15.9. The van der Waals surface area contributed by atoms with Crippen molar-refractivity contribution < 1.29 is 4.79 Å². The van der Waals surface area contributed by atoms with Crippen molar-refractivity contribution in [1.29, 1.82) is 0 Å². The number of fused-ring (bicyclic) bond motifs is 1. The Morgan fingerprint density at radius 2 is 1.96 bits per heavy atom. The molecule has 0 atom stereocenters. The molecule has 0 saturated heterocycles. The second kappa shape index (κ2) is 8.85. The molecule has 0 aliphatic rings. The molecule has 2 heterocycles. The number of amides is 1. The molecule has 1 amide bonds. The molecule has 0 saturated carbocycles. The van der Waals surface area contributed by atoms with Gasteiger partial charge in [-0.3, -0.25) is 14.2 Å². The first-order valence-electron chi connectivity index (χ1n) is 8.62. The van der Waals surface area contributed by atoms with E-state index in [0.717, 1.165) is 16.7 Å². The molecule has 1 aromatic carbocycles. The van der Waals surface area contributed by atoms with E-state index in [1.807, 2.05) is 25.1 Å². The number of benzene rings is 1. The van der Waals surface area contributed by atoms with Gasteiger partial charge in [-0.1, -0.05) is 19.1 Å². The number of imidazole rings is 1. The minimum Gasteiger partial charge on any atom is -0.328 e. The monoisotopic (exact) mass is 406 g/mol. The van der Waals surface area contributed by atoms with Crippen molar-refractivity contribution in [3.05, 3.63) is 57.0 Å². The first-order chi connectivity index (χ1) is 12.9. The van der Waals surface area contributed by atoms with E-state index in [4.69, 9.17) is 0 Å². The number of halogens is 1. The minimum absolute atomic E-state index is 0. The lowest BCUT2D eigenvalue weighted by molar-refractivity contribution is -0.116. The number of rotatable bonds is 6. The zero-order chi connectivity index (χ0) is 19.6. The number of carbonyl (C=O) groups excluding carboxylic acids is 1. The molecule has 0 aliphatic heterocycles. The number of carbonyl (C=O) groups is 1. The standard InChI is InChI=1S/C18H22N6O3.ClH/c1-4-19-9-12-6-5-7-13(8-12)21-14(25)10-24-17(26)15-16(20-11-22(15)2)23(3)18(24)27;/h5-8,11,19H,4,9-10H2,1-3H3,(H,21,25);1H. The molecule has 9 nitrogen and oxygen atoms in total. The van der Waals surface area contributed by atoms with Gasteiger partial charge in [0, 0.05) is 26.3 Å². The highest BCUT2D eigenvalue weighted by Gasteiger charge is 2.17. The highest BCUT2D eigenvalue weighted by Crippen LogP contribution is 2.10. The average Bonchev–Trinajstić information content (AvgIpc) is 3.04. The molecule has 0 fully saturated rings. The number of nitrogens with one attached hydrogen (secondary N) is 2. The SMILES string of the molecule is CCNCc1cccc(NC(=O)Cn2c(=O)c3c(ncn3C)n(C)c2=O)c1.Cl. The first kappa shape index (κ1) is 21.4. The van der Waals surface area contributed by atoms with Gasteiger partial charge in [0.25, 0.3) is 5.56 Å². The second-order valence-corrected chi connectivity index (χ2v) is 6.29.